The first-order valence-corrected chi connectivity index (χ1v) is 16.5. The fraction of sp³-hybridized carbons (Fsp3) is 0.350. The van der Waals surface area contributed by atoms with Gasteiger partial charge in [0.25, 0.3) is 5.91 Å². The summed E-state index contributed by atoms with van der Waals surface area (Å²) in [7, 11) is 1.65. The number of aliphatic hydroxyl groups excluding tert-OH is 1. The van der Waals surface area contributed by atoms with Crippen LogP contribution >= 0.6 is 0 Å². The highest BCUT2D eigenvalue weighted by Gasteiger charge is 2.66. The molecule has 2 amide bonds. The molecule has 3 heterocycles. The largest absolute Gasteiger partial charge is 0.497 e. The van der Waals surface area contributed by atoms with Gasteiger partial charge >= 0.3 is 0 Å². The molecule has 47 heavy (non-hydrogen) atoms. The predicted molar refractivity (Wildman–Crippen MR) is 181 cm³/mol. The number of nitrogens with zero attached hydrogens (tertiary/aromatic N) is 2. The molecule has 4 aromatic carbocycles. The molecular weight excluding hydrogens is 588 g/mol. The van der Waals surface area contributed by atoms with Crippen molar-refractivity contribution < 1.29 is 24.2 Å². The van der Waals surface area contributed by atoms with Gasteiger partial charge in [0.05, 0.1) is 38.0 Å². The van der Waals surface area contributed by atoms with Gasteiger partial charge in [-0.25, -0.2) is 0 Å². The lowest BCUT2D eigenvalue weighted by Gasteiger charge is -2.40. The van der Waals surface area contributed by atoms with E-state index in [1.54, 1.807) is 16.9 Å². The van der Waals surface area contributed by atoms with Crippen LogP contribution in [0.15, 0.2) is 103 Å². The Balaban J connectivity index is 1.31. The molecule has 242 valence electrons. The average molecular weight is 631 g/mol. The first-order chi connectivity index (χ1) is 22.7. The smallest absolute Gasteiger partial charge is 0.268 e. The van der Waals surface area contributed by atoms with Crippen LogP contribution in [0.5, 0.6) is 5.75 Å². The lowest BCUT2D eigenvalue weighted by Crippen LogP contribution is -2.48. The minimum absolute atomic E-state index is 0.0815. The van der Waals surface area contributed by atoms with E-state index in [1.165, 1.54) is 0 Å². The summed E-state index contributed by atoms with van der Waals surface area (Å²) in [6, 6.07) is 33.4. The number of hydrogen-bond donors (Lipinski definition) is 1. The van der Waals surface area contributed by atoms with Gasteiger partial charge in [0.2, 0.25) is 5.91 Å². The molecule has 7 nitrogen and oxygen atoms in total. The molecule has 7 rings (SSSR count). The van der Waals surface area contributed by atoms with Gasteiger partial charge in [0.15, 0.2) is 5.60 Å². The van der Waals surface area contributed by atoms with Gasteiger partial charge in [0.1, 0.15) is 5.75 Å². The lowest BCUT2D eigenvalue weighted by atomic mass is 9.63. The Labute approximate surface area is 276 Å². The molecule has 0 bridgehead atoms. The maximum Gasteiger partial charge on any atom is 0.268 e. The van der Waals surface area contributed by atoms with Crippen molar-refractivity contribution in [2.75, 3.05) is 18.6 Å². The van der Waals surface area contributed by atoms with Crippen LogP contribution in [0.1, 0.15) is 49.4 Å². The Hall–Kier alpha value is -4.46. The number of para-hydroxylation sites is 2. The van der Waals surface area contributed by atoms with Gasteiger partial charge in [-0.2, -0.15) is 0 Å². The summed E-state index contributed by atoms with van der Waals surface area (Å²) in [6.07, 6.45) is 0.123. The van der Waals surface area contributed by atoms with Crippen LogP contribution in [0.2, 0.25) is 0 Å². The zero-order valence-corrected chi connectivity index (χ0v) is 27.4. The number of amides is 2. The topological polar surface area (TPSA) is 79.3 Å². The first-order valence-electron chi connectivity index (χ1n) is 16.5. The van der Waals surface area contributed by atoms with Crippen molar-refractivity contribution in [3.8, 4) is 5.75 Å². The molecule has 1 N–H and O–H groups in total. The Morgan fingerprint density at radius 2 is 1.60 bits per heavy atom. The SMILES string of the molecule is COc1ccc(C(C)(C)[C@@H]2[C@@H](CC(=O)N3Cc4ccccc4C[C@H]3CO)O[C@]3(C(=O)N(c4ccccc4)c4ccccc43)[C@H]2C)cc1. The number of methoxy groups -OCH3 is 1. The molecule has 1 spiro atoms. The van der Waals surface area contributed by atoms with E-state index in [0.29, 0.717) is 13.0 Å². The molecule has 5 atom stereocenters. The summed E-state index contributed by atoms with van der Waals surface area (Å²) >= 11 is 0. The monoisotopic (exact) mass is 630 g/mol. The standard InChI is InChI=1S/C40H42N2O5/c1-26-37(39(2,3)29-18-20-32(46-4)21-19-29)35(23-36(44)41-24-28-13-9-8-12-27(28)22-31(41)25-43)47-40(26)33-16-10-11-17-34(33)42(38(40)45)30-14-6-5-7-15-30/h5-21,26,31,35,37,43H,22-25H2,1-4H3/t26-,31-,35+,37-,40+/m0/s1. The summed E-state index contributed by atoms with van der Waals surface area (Å²) in [5.74, 6) is 0.0556. The number of aliphatic hydroxyl groups is 1. The van der Waals surface area contributed by atoms with E-state index in [1.807, 2.05) is 84.9 Å². The Bertz CT molecular complexity index is 1790. The molecule has 0 saturated carbocycles. The quantitative estimate of drug-likeness (QED) is 0.251. The fourth-order valence-corrected chi connectivity index (χ4v) is 8.56. The minimum atomic E-state index is -1.28. The number of rotatable bonds is 7. The summed E-state index contributed by atoms with van der Waals surface area (Å²) < 4.78 is 12.6. The Morgan fingerprint density at radius 1 is 0.936 bits per heavy atom. The van der Waals surface area contributed by atoms with E-state index in [9.17, 15) is 14.7 Å². The van der Waals surface area contributed by atoms with E-state index in [0.717, 1.165) is 39.4 Å². The number of hydrogen-bond acceptors (Lipinski definition) is 5. The van der Waals surface area contributed by atoms with E-state index in [-0.39, 0.29) is 42.7 Å². The number of carbonyl (C=O) groups excluding carboxylic acids is 2. The van der Waals surface area contributed by atoms with Gasteiger partial charge in [-0.15, -0.1) is 0 Å². The zero-order valence-electron chi connectivity index (χ0n) is 27.4. The fourth-order valence-electron chi connectivity index (χ4n) is 8.56. The highest BCUT2D eigenvalue weighted by atomic mass is 16.5. The van der Waals surface area contributed by atoms with Crippen molar-refractivity contribution in [2.45, 2.75) is 63.3 Å². The molecule has 0 aliphatic carbocycles. The van der Waals surface area contributed by atoms with E-state index >= 15 is 0 Å². The molecular formula is C40H42N2O5. The first kappa shape index (κ1) is 31.2. The molecule has 0 aromatic heterocycles. The number of ether oxygens (including phenoxy) is 2. The number of anilines is 2. The lowest BCUT2D eigenvalue weighted by molar-refractivity contribution is -0.150. The van der Waals surface area contributed by atoms with Crippen LogP contribution in [0, 0.1) is 11.8 Å². The second-order valence-corrected chi connectivity index (χ2v) is 13.7. The molecule has 1 fully saturated rings. The summed E-state index contributed by atoms with van der Waals surface area (Å²) in [6.45, 7) is 6.79. The van der Waals surface area contributed by atoms with Crippen molar-refractivity contribution in [3.05, 3.63) is 125 Å². The minimum Gasteiger partial charge on any atom is -0.497 e. The number of carbonyl (C=O) groups is 2. The van der Waals surface area contributed by atoms with Crippen molar-refractivity contribution in [3.63, 3.8) is 0 Å². The molecule has 1 saturated heterocycles. The third kappa shape index (κ3) is 4.95. The van der Waals surface area contributed by atoms with Gasteiger partial charge < -0.3 is 19.5 Å². The normalized spacial score (nSPS) is 25.2. The average Bonchev–Trinajstić information content (AvgIpc) is 3.54. The van der Waals surface area contributed by atoms with Gasteiger partial charge in [0, 0.05) is 29.6 Å². The van der Waals surface area contributed by atoms with Crippen LogP contribution < -0.4 is 9.64 Å². The van der Waals surface area contributed by atoms with Crippen LogP contribution in [0.25, 0.3) is 0 Å². The second kappa shape index (κ2) is 12.0. The molecule has 4 aromatic rings. The predicted octanol–water partition coefficient (Wildman–Crippen LogP) is 6.53. The molecule has 3 aliphatic rings. The summed E-state index contributed by atoms with van der Waals surface area (Å²) in [5, 5.41) is 10.4. The highest BCUT2D eigenvalue weighted by Crippen LogP contribution is 2.60. The van der Waals surface area contributed by atoms with Gasteiger partial charge in [-0.1, -0.05) is 93.6 Å². The van der Waals surface area contributed by atoms with Crippen molar-refractivity contribution >= 4 is 23.2 Å². The Kier molecular flexibility index (Phi) is 7.93. The highest BCUT2D eigenvalue weighted by molar-refractivity contribution is 6.12. The second-order valence-electron chi connectivity index (χ2n) is 13.7. The van der Waals surface area contributed by atoms with E-state index < -0.39 is 17.1 Å². The van der Waals surface area contributed by atoms with E-state index in [4.69, 9.17) is 9.47 Å². The van der Waals surface area contributed by atoms with Crippen molar-refractivity contribution in [1.82, 2.24) is 4.90 Å². The third-order valence-electron chi connectivity index (χ3n) is 10.9. The zero-order chi connectivity index (χ0) is 32.9. The number of benzene rings is 4. The van der Waals surface area contributed by atoms with Crippen molar-refractivity contribution in [1.29, 1.82) is 0 Å². The van der Waals surface area contributed by atoms with Gasteiger partial charge in [-0.05, 0) is 58.9 Å². The molecule has 0 unspecified atom stereocenters. The maximum absolute atomic E-state index is 14.9. The van der Waals surface area contributed by atoms with Gasteiger partial charge in [-0.3, -0.25) is 14.5 Å². The third-order valence-corrected chi connectivity index (χ3v) is 10.9. The van der Waals surface area contributed by atoms with Crippen molar-refractivity contribution in [2.24, 2.45) is 11.8 Å². The summed E-state index contributed by atoms with van der Waals surface area (Å²) in [5.41, 5.74) is 3.97. The molecule has 3 aliphatic heterocycles. The maximum atomic E-state index is 14.9. The van der Waals surface area contributed by atoms with Crippen LogP contribution in [0.3, 0.4) is 0 Å². The van der Waals surface area contributed by atoms with Crippen LogP contribution in [-0.4, -0.2) is 47.7 Å². The Morgan fingerprint density at radius 3 is 2.30 bits per heavy atom. The number of fused-ring (bicyclic) bond motifs is 3. The van der Waals surface area contributed by atoms with E-state index in [2.05, 4.69) is 39.0 Å². The van der Waals surface area contributed by atoms with Crippen LogP contribution in [0.4, 0.5) is 11.4 Å². The molecule has 7 heteroatoms. The molecule has 0 radical (unpaired) electrons. The van der Waals surface area contributed by atoms with Crippen LogP contribution in [-0.2, 0) is 38.3 Å². The summed E-state index contributed by atoms with van der Waals surface area (Å²) in [4.78, 5) is 32.9.